The Hall–Kier alpha value is -1.27. The molecule has 6 heteroatoms. The fraction of sp³-hybridized carbons (Fsp3) is 0.308. The van der Waals surface area contributed by atoms with Crippen LogP contribution >= 0.6 is 15.9 Å². The number of nitrogens with zero attached hydrogens (tertiary/aromatic N) is 2. The van der Waals surface area contributed by atoms with Crippen molar-refractivity contribution in [3.05, 3.63) is 34.4 Å². The van der Waals surface area contributed by atoms with Gasteiger partial charge in [0.25, 0.3) is 0 Å². The highest BCUT2D eigenvalue weighted by molar-refractivity contribution is 9.10. The van der Waals surface area contributed by atoms with E-state index in [2.05, 4.69) is 31.1 Å². The molecule has 0 saturated carbocycles. The topological polar surface area (TPSA) is 28.2 Å². The molecular weight excluding hydrogens is 316 g/mol. The Kier molecular flexibility index (Phi) is 3.36. The Balaban J connectivity index is 2.23. The molecule has 1 N–H and O–H groups in total. The largest absolute Gasteiger partial charge is 0.367 e. The first-order valence-electron chi connectivity index (χ1n) is 6.06. The minimum Gasteiger partial charge on any atom is -0.367 e. The molecule has 0 radical (unpaired) electrons. The molecule has 0 aliphatic carbocycles. The minimum absolute atomic E-state index is 0.342. The smallest absolute Gasteiger partial charge is 0.137 e. The first-order valence-corrected chi connectivity index (χ1v) is 6.85. The van der Waals surface area contributed by atoms with E-state index < -0.39 is 11.6 Å². The lowest BCUT2D eigenvalue weighted by Crippen LogP contribution is -2.43. The molecule has 0 bridgehead atoms. The van der Waals surface area contributed by atoms with Crippen LogP contribution in [0.5, 0.6) is 0 Å². The average Bonchev–Trinajstić information content (AvgIpc) is 2.40. The minimum atomic E-state index is -0.605. The molecule has 1 aliphatic heterocycles. The quantitative estimate of drug-likeness (QED) is 0.872. The molecular formula is C13H12BrF2N3. The van der Waals surface area contributed by atoms with E-state index in [0.29, 0.717) is 10.9 Å². The lowest BCUT2D eigenvalue weighted by Gasteiger charge is -2.31. The van der Waals surface area contributed by atoms with Gasteiger partial charge in [-0.05, 0) is 15.9 Å². The second-order valence-corrected chi connectivity index (χ2v) is 5.33. The monoisotopic (exact) mass is 327 g/mol. The summed E-state index contributed by atoms with van der Waals surface area (Å²) in [4.78, 5) is 6.18. The van der Waals surface area contributed by atoms with Gasteiger partial charge >= 0.3 is 0 Å². The Morgan fingerprint density at radius 3 is 2.68 bits per heavy atom. The predicted octanol–water partition coefficient (Wildman–Crippen LogP) is 2.69. The van der Waals surface area contributed by atoms with Gasteiger partial charge in [0.15, 0.2) is 0 Å². The molecule has 3 rings (SSSR count). The molecule has 2 aromatic rings. The van der Waals surface area contributed by atoms with Gasteiger partial charge in [-0.3, -0.25) is 4.98 Å². The van der Waals surface area contributed by atoms with E-state index in [1.807, 2.05) is 0 Å². The summed E-state index contributed by atoms with van der Waals surface area (Å²) in [6.07, 6.45) is 1.60. The number of hydrogen-bond acceptors (Lipinski definition) is 3. The molecule has 19 heavy (non-hydrogen) atoms. The number of halogens is 3. The number of nitrogens with one attached hydrogen (secondary N) is 1. The number of aromatic nitrogens is 1. The van der Waals surface area contributed by atoms with E-state index in [1.165, 1.54) is 6.07 Å². The number of anilines is 1. The maximum absolute atomic E-state index is 14.1. The molecule has 3 nitrogen and oxygen atoms in total. The van der Waals surface area contributed by atoms with Gasteiger partial charge in [0, 0.05) is 44.5 Å². The van der Waals surface area contributed by atoms with Crippen molar-refractivity contribution in [2.75, 3.05) is 31.1 Å². The highest BCUT2D eigenvalue weighted by Crippen LogP contribution is 2.35. The molecule has 1 saturated heterocycles. The molecule has 0 amide bonds. The van der Waals surface area contributed by atoms with Gasteiger partial charge in [-0.15, -0.1) is 0 Å². The Morgan fingerprint density at radius 1 is 1.21 bits per heavy atom. The van der Waals surface area contributed by atoms with Crippen LogP contribution in [0.25, 0.3) is 10.9 Å². The van der Waals surface area contributed by atoms with E-state index in [9.17, 15) is 8.78 Å². The second kappa shape index (κ2) is 5.02. The van der Waals surface area contributed by atoms with Crippen molar-refractivity contribution in [1.29, 1.82) is 0 Å². The summed E-state index contributed by atoms with van der Waals surface area (Å²) in [6.45, 7) is 3.27. The van der Waals surface area contributed by atoms with Crippen LogP contribution in [0.15, 0.2) is 22.8 Å². The number of fused-ring (bicyclic) bond motifs is 1. The highest BCUT2D eigenvalue weighted by Gasteiger charge is 2.20. The maximum Gasteiger partial charge on any atom is 0.137 e. The van der Waals surface area contributed by atoms with Crippen LogP contribution in [-0.4, -0.2) is 31.2 Å². The Morgan fingerprint density at radius 2 is 1.95 bits per heavy atom. The number of hydrogen-bond donors (Lipinski definition) is 1. The molecule has 1 aliphatic rings. The zero-order valence-corrected chi connectivity index (χ0v) is 11.7. The van der Waals surface area contributed by atoms with Crippen molar-refractivity contribution in [2.45, 2.75) is 0 Å². The van der Waals surface area contributed by atoms with Gasteiger partial charge in [-0.2, -0.15) is 0 Å². The lowest BCUT2D eigenvalue weighted by molar-refractivity contribution is 0.582. The van der Waals surface area contributed by atoms with Crippen LogP contribution < -0.4 is 10.2 Å². The summed E-state index contributed by atoms with van der Waals surface area (Å²) in [6, 6.07) is 2.17. The molecule has 0 spiro atoms. The Bertz CT molecular complexity index is 627. The van der Waals surface area contributed by atoms with Crippen LogP contribution in [0.1, 0.15) is 0 Å². The first-order chi connectivity index (χ1) is 9.16. The van der Waals surface area contributed by atoms with Crippen LogP contribution in [0.4, 0.5) is 14.5 Å². The SMILES string of the molecule is Fc1cc(F)c2c(N3CCNCC3)c(Br)cnc2c1. The van der Waals surface area contributed by atoms with Crippen molar-refractivity contribution in [3.63, 3.8) is 0 Å². The summed E-state index contributed by atoms with van der Waals surface area (Å²) < 4.78 is 28.1. The van der Waals surface area contributed by atoms with E-state index in [0.717, 1.165) is 42.4 Å². The zero-order chi connectivity index (χ0) is 13.4. The fourth-order valence-corrected chi connectivity index (χ4v) is 2.95. The first kappa shape index (κ1) is 12.7. The molecule has 0 unspecified atom stereocenters. The molecule has 1 fully saturated rings. The van der Waals surface area contributed by atoms with Crippen LogP contribution in [0.3, 0.4) is 0 Å². The number of rotatable bonds is 1. The van der Waals surface area contributed by atoms with Crippen molar-refractivity contribution in [2.24, 2.45) is 0 Å². The van der Waals surface area contributed by atoms with E-state index in [-0.39, 0.29) is 0 Å². The molecule has 1 aromatic heterocycles. The second-order valence-electron chi connectivity index (χ2n) is 4.47. The van der Waals surface area contributed by atoms with E-state index >= 15 is 0 Å². The normalized spacial score (nSPS) is 16.1. The average molecular weight is 328 g/mol. The maximum atomic E-state index is 14.1. The van der Waals surface area contributed by atoms with Gasteiger partial charge in [0.05, 0.1) is 21.1 Å². The summed E-state index contributed by atoms with van der Waals surface area (Å²) in [7, 11) is 0. The van der Waals surface area contributed by atoms with Gasteiger partial charge in [0.2, 0.25) is 0 Å². The number of benzene rings is 1. The summed E-state index contributed by atoms with van der Waals surface area (Å²) in [5.74, 6) is -1.18. The molecule has 2 heterocycles. The standard InChI is InChI=1S/C13H12BrF2N3/c14-9-7-18-11-6-8(15)5-10(16)12(11)13(9)19-3-1-17-2-4-19/h5-7,17H,1-4H2. The van der Waals surface area contributed by atoms with E-state index in [1.54, 1.807) is 6.20 Å². The van der Waals surface area contributed by atoms with Gasteiger partial charge < -0.3 is 10.2 Å². The fourth-order valence-electron chi connectivity index (χ4n) is 2.40. The van der Waals surface area contributed by atoms with E-state index in [4.69, 9.17) is 0 Å². The summed E-state index contributed by atoms with van der Waals surface area (Å²) in [5.41, 5.74) is 1.10. The predicted molar refractivity (Wildman–Crippen MR) is 74.4 cm³/mol. The van der Waals surface area contributed by atoms with Crippen LogP contribution in [0, 0.1) is 11.6 Å². The third-order valence-electron chi connectivity index (χ3n) is 3.25. The summed E-state index contributed by atoms with van der Waals surface area (Å²) in [5, 5.41) is 3.62. The highest BCUT2D eigenvalue weighted by atomic mass is 79.9. The number of piperazine rings is 1. The van der Waals surface area contributed by atoms with Gasteiger partial charge in [-0.1, -0.05) is 0 Å². The Labute approximate surface area is 117 Å². The van der Waals surface area contributed by atoms with Gasteiger partial charge in [-0.25, -0.2) is 8.78 Å². The third kappa shape index (κ3) is 2.30. The van der Waals surface area contributed by atoms with Crippen molar-refractivity contribution >= 4 is 32.5 Å². The van der Waals surface area contributed by atoms with Crippen LogP contribution in [-0.2, 0) is 0 Å². The molecule has 0 atom stereocenters. The van der Waals surface area contributed by atoms with Crippen LogP contribution in [0.2, 0.25) is 0 Å². The molecule has 100 valence electrons. The van der Waals surface area contributed by atoms with Crippen molar-refractivity contribution < 1.29 is 8.78 Å². The summed E-state index contributed by atoms with van der Waals surface area (Å²) >= 11 is 3.42. The molecule has 1 aromatic carbocycles. The lowest BCUT2D eigenvalue weighted by atomic mass is 10.1. The number of pyridine rings is 1. The van der Waals surface area contributed by atoms with Crippen molar-refractivity contribution in [3.8, 4) is 0 Å². The zero-order valence-electron chi connectivity index (χ0n) is 10.1. The third-order valence-corrected chi connectivity index (χ3v) is 3.83. The van der Waals surface area contributed by atoms with Gasteiger partial charge in [0.1, 0.15) is 11.6 Å². The van der Waals surface area contributed by atoms with Crippen molar-refractivity contribution in [1.82, 2.24) is 10.3 Å².